The number of halogens is 1. The zero-order valence-electron chi connectivity index (χ0n) is 10.5. The molecule has 0 aliphatic heterocycles. The van der Waals surface area contributed by atoms with E-state index in [0.29, 0.717) is 12.2 Å². The maximum absolute atomic E-state index is 11.1. The molecule has 2 aromatic carbocycles. The average molecular weight is 369 g/mol. The summed E-state index contributed by atoms with van der Waals surface area (Å²) < 4.78 is 7.50. The lowest BCUT2D eigenvalue weighted by Crippen LogP contribution is -3.61. The second-order valence-corrected chi connectivity index (χ2v) is 6.71. The zero-order chi connectivity index (χ0) is 13.7. The summed E-state index contributed by atoms with van der Waals surface area (Å²) >= 11 is -0.486. The monoisotopic (exact) mass is 369 g/mol. The van der Waals surface area contributed by atoms with E-state index in [1.807, 2.05) is 43.3 Å². The van der Waals surface area contributed by atoms with Crippen LogP contribution in [0.15, 0.2) is 48.5 Å². The highest BCUT2D eigenvalue weighted by atomic mass is 127. The van der Waals surface area contributed by atoms with Crippen LogP contribution in [0, 0.1) is 7.14 Å². The van der Waals surface area contributed by atoms with E-state index in [2.05, 4.69) is 0 Å². The highest BCUT2D eigenvalue weighted by Crippen LogP contribution is 2.07. The number of aromatic carboxylic acids is 1. The Morgan fingerprint density at radius 3 is 2.47 bits per heavy atom. The molecule has 2 aromatic rings. The molecular weight excluding hydrogens is 355 g/mol. The molecule has 0 bridgehead atoms. The molecule has 3 nitrogen and oxygen atoms in total. The molecule has 0 radical (unpaired) electrons. The summed E-state index contributed by atoms with van der Waals surface area (Å²) in [4.78, 5) is 11.1. The fraction of sp³-hybridized carbons (Fsp3) is 0.133. The number of rotatable bonds is 5. The molecule has 1 N–H and O–H groups in total. The Morgan fingerprint density at radius 2 is 1.84 bits per heavy atom. The summed E-state index contributed by atoms with van der Waals surface area (Å²) in [7, 11) is 0. The summed E-state index contributed by atoms with van der Waals surface area (Å²) in [6.45, 7) is 2.60. The first-order chi connectivity index (χ1) is 9.20. The number of carboxylic acids is 1. The minimum Gasteiger partial charge on any atom is -0.494 e. The molecule has 0 aromatic heterocycles. The van der Waals surface area contributed by atoms with Crippen molar-refractivity contribution in [3.63, 3.8) is 0 Å². The van der Waals surface area contributed by atoms with Crippen LogP contribution in [0.25, 0.3) is 0 Å². The fourth-order valence-electron chi connectivity index (χ4n) is 1.60. The van der Waals surface area contributed by atoms with Gasteiger partial charge in [0.2, 0.25) is 3.57 Å². The van der Waals surface area contributed by atoms with Gasteiger partial charge in [-0.3, -0.25) is 0 Å². The molecule has 0 aliphatic rings. The van der Waals surface area contributed by atoms with Crippen molar-refractivity contribution in [1.29, 1.82) is 0 Å². The van der Waals surface area contributed by atoms with Crippen LogP contribution in [0.5, 0.6) is 5.75 Å². The number of benzene rings is 2. The lowest BCUT2D eigenvalue weighted by molar-refractivity contribution is -0.597. The van der Waals surface area contributed by atoms with E-state index in [0.717, 1.165) is 9.32 Å². The number of hydrogen-bond acceptors (Lipinski definition) is 2. The largest absolute Gasteiger partial charge is 0.494 e. The van der Waals surface area contributed by atoms with Crippen LogP contribution < -0.4 is 25.9 Å². The standard InChI is InChI=1S/C15H13IO3/c1-2-19-12-9-7-11(8-10-12)16-14-6-4-3-5-13(14)15(17)18/h3-10H,2H2,1H3/p+1. The van der Waals surface area contributed by atoms with E-state index >= 15 is 0 Å². The first-order valence-corrected chi connectivity index (χ1v) is 8.06. The molecule has 0 heterocycles. The van der Waals surface area contributed by atoms with Crippen LogP contribution in [0.4, 0.5) is 0 Å². The van der Waals surface area contributed by atoms with E-state index in [4.69, 9.17) is 9.84 Å². The van der Waals surface area contributed by atoms with Crippen molar-refractivity contribution in [1.82, 2.24) is 0 Å². The molecular formula is C15H14IO3+. The van der Waals surface area contributed by atoms with Gasteiger partial charge in [0.05, 0.1) is 6.61 Å². The normalized spacial score (nSPS) is 10.2. The third-order valence-corrected chi connectivity index (χ3v) is 5.30. The molecule has 0 unspecified atom stereocenters. The predicted octanol–water partition coefficient (Wildman–Crippen LogP) is -0.0881. The fourth-order valence-corrected chi connectivity index (χ4v) is 4.07. The number of carboxylic acid groups (broad SMARTS) is 1. The quantitative estimate of drug-likeness (QED) is 0.750. The van der Waals surface area contributed by atoms with Crippen molar-refractivity contribution in [3.8, 4) is 5.75 Å². The topological polar surface area (TPSA) is 46.5 Å². The van der Waals surface area contributed by atoms with E-state index in [1.165, 1.54) is 3.57 Å². The molecule has 0 aliphatic carbocycles. The minimum absolute atomic E-state index is 0.407. The third-order valence-electron chi connectivity index (χ3n) is 2.44. The van der Waals surface area contributed by atoms with Crippen molar-refractivity contribution in [2.45, 2.75) is 6.92 Å². The summed E-state index contributed by atoms with van der Waals surface area (Å²) in [5.74, 6) is -0.0111. The van der Waals surface area contributed by atoms with E-state index in [9.17, 15) is 4.79 Å². The molecule has 0 spiro atoms. The zero-order valence-corrected chi connectivity index (χ0v) is 12.6. The van der Waals surface area contributed by atoms with Crippen molar-refractivity contribution in [3.05, 3.63) is 61.2 Å². The Hall–Kier alpha value is -1.56. The molecule has 0 amide bonds. The highest BCUT2D eigenvalue weighted by molar-refractivity contribution is 5.87. The van der Waals surface area contributed by atoms with Gasteiger partial charge in [0.1, 0.15) is 11.3 Å². The van der Waals surface area contributed by atoms with E-state index in [-0.39, 0.29) is 0 Å². The van der Waals surface area contributed by atoms with Gasteiger partial charge in [-0.2, -0.15) is 0 Å². The van der Waals surface area contributed by atoms with Crippen LogP contribution in [0.2, 0.25) is 0 Å². The molecule has 19 heavy (non-hydrogen) atoms. The van der Waals surface area contributed by atoms with Gasteiger partial charge in [-0.1, -0.05) is 12.1 Å². The second kappa shape index (κ2) is 6.56. The number of hydrogen-bond donors (Lipinski definition) is 1. The maximum Gasteiger partial charge on any atom is 0.358 e. The van der Waals surface area contributed by atoms with Crippen LogP contribution in [-0.4, -0.2) is 17.7 Å². The molecule has 0 atom stereocenters. The molecule has 2 rings (SSSR count). The van der Waals surface area contributed by atoms with Crippen molar-refractivity contribution < 1.29 is 35.8 Å². The predicted molar refractivity (Wildman–Crippen MR) is 68.4 cm³/mol. The summed E-state index contributed by atoms with van der Waals surface area (Å²) in [6, 6.07) is 15.1. The van der Waals surface area contributed by atoms with Crippen molar-refractivity contribution in [2.24, 2.45) is 0 Å². The molecule has 0 fully saturated rings. The first kappa shape index (κ1) is 13.9. The Labute approximate surface area is 122 Å². The summed E-state index contributed by atoms with van der Waals surface area (Å²) in [5.41, 5.74) is 0.407. The van der Waals surface area contributed by atoms with Gasteiger partial charge in [-0.05, 0) is 43.3 Å². The lowest BCUT2D eigenvalue weighted by atomic mass is 10.2. The molecule has 98 valence electrons. The van der Waals surface area contributed by atoms with Gasteiger partial charge in [0.25, 0.3) is 0 Å². The smallest absolute Gasteiger partial charge is 0.358 e. The summed E-state index contributed by atoms with van der Waals surface area (Å²) in [6.07, 6.45) is 0. The van der Waals surface area contributed by atoms with Crippen LogP contribution in [0.1, 0.15) is 17.3 Å². The maximum atomic E-state index is 11.1. The molecule has 0 saturated heterocycles. The Bertz CT molecular complexity index is 564. The third kappa shape index (κ3) is 3.70. The number of ether oxygens (including phenoxy) is 1. The number of carbonyl (C=O) groups is 1. The first-order valence-electron chi connectivity index (χ1n) is 5.90. The van der Waals surface area contributed by atoms with E-state index < -0.39 is 27.2 Å². The SMILES string of the molecule is CCOc1ccc([I+]c2ccccc2C(=O)O)cc1. The molecule has 4 heteroatoms. The van der Waals surface area contributed by atoms with Gasteiger partial charge in [-0.25, -0.2) is 4.79 Å². The lowest BCUT2D eigenvalue weighted by Gasteiger charge is -2.00. The minimum atomic E-state index is -0.860. The average Bonchev–Trinajstić information content (AvgIpc) is 2.42. The Morgan fingerprint density at radius 1 is 1.16 bits per heavy atom. The van der Waals surface area contributed by atoms with Crippen molar-refractivity contribution in [2.75, 3.05) is 6.61 Å². The van der Waals surface area contributed by atoms with Gasteiger partial charge in [-0.15, -0.1) is 0 Å². The van der Waals surface area contributed by atoms with Gasteiger partial charge in [0, 0.05) is 0 Å². The highest BCUT2D eigenvalue weighted by Gasteiger charge is 2.23. The summed E-state index contributed by atoms with van der Waals surface area (Å²) in [5, 5.41) is 9.16. The van der Waals surface area contributed by atoms with Gasteiger partial charge >= 0.3 is 27.2 Å². The molecule has 0 saturated carbocycles. The van der Waals surface area contributed by atoms with Crippen molar-refractivity contribution >= 4 is 5.97 Å². The van der Waals surface area contributed by atoms with E-state index in [1.54, 1.807) is 12.1 Å². The van der Waals surface area contributed by atoms with Gasteiger partial charge < -0.3 is 9.84 Å². The Balaban J connectivity index is 2.19. The second-order valence-electron chi connectivity index (χ2n) is 3.77. The Kier molecular flexibility index (Phi) is 4.79. The van der Waals surface area contributed by atoms with Crippen LogP contribution >= 0.6 is 0 Å². The van der Waals surface area contributed by atoms with Crippen LogP contribution in [0.3, 0.4) is 0 Å². The van der Waals surface area contributed by atoms with Crippen LogP contribution in [-0.2, 0) is 0 Å². The van der Waals surface area contributed by atoms with Gasteiger partial charge in [0.15, 0.2) is 3.57 Å².